The Kier molecular flexibility index (Phi) is 10.2. The first-order valence-corrected chi connectivity index (χ1v) is 15.2. The molecule has 4 rings (SSSR count). The van der Waals surface area contributed by atoms with Crippen LogP contribution in [0.1, 0.15) is 52.5 Å². The Balaban J connectivity index is 1.73. The number of hydrogen-bond acceptors (Lipinski definition) is 10. The fourth-order valence-corrected chi connectivity index (χ4v) is 6.69. The Morgan fingerprint density at radius 2 is 1.76 bits per heavy atom. The van der Waals surface area contributed by atoms with Gasteiger partial charge in [0.1, 0.15) is 35.4 Å². The Bertz CT molecular complexity index is 1410. The molecular weight excluding hydrogens is 608 g/mol. The Hall–Kier alpha value is -2.90. The van der Waals surface area contributed by atoms with E-state index in [2.05, 4.69) is 0 Å². The van der Waals surface area contributed by atoms with Crippen molar-refractivity contribution in [3.05, 3.63) is 69.8 Å². The zero-order valence-electron chi connectivity index (χ0n) is 25.6. The van der Waals surface area contributed by atoms with Gasteiger partial charge in [-0.1, -0.05) is 43.7 Å². The highest BCUT2D eigenvalue weighted by Crippen LogP contribution is 2.61. The Morgan fingerprint density at radius 3 is 2.33 bits per heavy atom. The lowest BCUT2D eigenvalue weighted by atomic mass is 9.64. The molecule has 246 valence electrons. The van der Waals surface area contributed by atoms with Crippen molar-refractivity contribution in [2.75, 3.05) is 6.61 Å². The molecule has 0 aromatic heterocycles. The third-order valence-electron chi connectivity index (χ3n) is 9.50. The summed E-state index contributed by atoms with van der Waals surface area (Å²) < 4.78 is 10.8. The van der Waals surface area contributed by atoms with Crippen LogP contribution in [0.3, 0.4) is 0 Å². The van der Waals surface area contributed by atoms with E-state index in [0.717, 1.165) is 5.56 Å². The fourth-order valence-electron chi connectivity index (χ4n) is 6.56. The van der Waals surface area contributed by atoms with Crippen molar-refractivity contribution in [2.24, 2.45) is 16.7 Å². The molecule has 1 aromatic carbocycles. The van der Waals surface area contributed by atoms with E-state index in [0.29, 0.717) is 23.4 Å². The van der Waals surface area contributed by atoms with E-state index in [1.165, 1.54) is 25.2 Å². The van der Waals surface area contributed by atoms with E-state index < -0.39 is 71.6 Å². The zero-order chi connectivity index (χ0) is 33.5. The van der Waals surface area contributed by atoms with E-state index in [4.69, 9.17) is 21.1 Å². The Labute approximate surface area is 266 Å². The summed E-state index contributed by atoms with van der Waals surface area (Å²) in [5.74, 6) is -3.04. The van der Waals surface area contributed by atoms with Crippen LogP contribution in [0.15, 0.2) is 59.2 Å². The average Bonchev–Trinajstić information content (AvgIpc) is 3.69. The normalized spacial score (nSPS) is 35.1. The van der Waals surface area contributed by atoms with Gasteiger partial charge in [-0.25, -0.2) is 4.79 Å². The lowest BCUT2D eigenvalue weighted by Crippen LogP contribution is -2.59. The summed E-state index contributed by atoms with van der Waals surface area (Å²) in [6.45, 7) is 5.82. The zero-order valence-corrected chi connectivity index (χ0v) is 26.4. The molecule has 45 heavy (non-hydrogen) atoms. The van der Waals surface area contributed by atoms with Gasteiger partial charge in [-0.05, 0) is 80.0 Å². The van der Waals surface area contributed by atoms with Crippen LogP contribution in [0.5, 0.6) is 0 Å². The molecule has 1 aliphatic heterocycles. The predicted octanol–water partition coefficient (Wildman–Crippen LogP) is 2.26. The van der Waals surface area contributed by atoms with Gasteiger partial charge in [-0.3, -0.25) is 9.59 Å². The summed E-state index contributed by atoms with van der Waals surface area (Å²) in [6.07, 6.45) is -3.28. The van der Waals surface area contributed by atoms with Crippen molar-refractivity contribution in [2.45, 2.75) is 89.7 Å². The maximum Gasteiger partial charge on any atom is 0.337 e. The number of carbonyl (C=O) groups excluding carboxylic acids is 2. The molecule has 1 heterocycles. The number of ether oxygens (including phenoxy) is 2. The summed E-state index contributed by atoms with van der Waals surface area (Å²) in [4.78, 5) is 39.0. The van der Waals surface area contributed by atoms with E-state index >= 15 is 0 Å². The van der Waals surface area contributed by atoms with Gasteiger partial charge in [0.15, 0.2) is 5.78 Å². The number of carboxylic acid groups (broad SMARTS) is 1. The first kappa shape index (κ1) is 35.0. The van der Waals surface area contributed by atoms with Gasteiger partial charge in [0, 0.05) is 16.9 Å². The number of ketones is 1. The molecule has 2 aliphatic carbocycles. The maximum absolute atomic E-state index is 13.9. The average molecular weight is 649 g/mol. The minimum absolute atomic E-state index is 0.0613. The van der Waals surface area contributed by atoms with Gasteiger partial charge >= 0.3 is 11.9 Å². The molecule has 6 N–H and O–H groups in total. The molecule has 3 aliphatic rings. The summed E-state index contributed by atoms with van der Waals surface area (Å²) in [7, 11) is 0. The molecule has 2 fully saturated rings. The number of halogens is 1. The van der Waals surface area contributed by atoms with Crippen LogP contribution in [-0.4, -0.2) is 91.3 Å². The minimum Gasteiger partial charge on any atom is -0.481 e. The van der Waals surface area contributed by atoms with Crippen LogP contribution >= 0.6 is 11.6 Å². The maximum atomic E-state index is 13.9. The number of aliphatic hydroxyl groups excluding tert-OH is 4. The summed E-state index contributed by atoms with van der Waals surface area (Å²) >= 11 is 5.99. The Morgan fingerprint density at radius 1 is 1.11 bits per heavy atom. The van der Waals surface area contributed by atoms with Crippen LogP contribution in [-0.2, 0) is 30.3 Å². The molecule has 1 saturated heterocycles. The molecule has 0 amide bonds. The van der Waals surface area contributed by atoms with Crippen LogP contribution in [0.4, 0.5) is 0 Å². The van der Waals surface area contributed by atoms with Gasteiger partial charge < -0.3 is 40.1 Å². The smallest absolute Gasteiger partial charge is 0.337 e. The number of aliphatic hydroxyl groups is 5. The first-order valence-electron chi connectivity index (χ1n) is 14.8. The SMILES string of the molecule is CC1=CC(=O)CC(C)(C)C1(O)/C=C/C(C)=C(\C(=O)O[C@@H]1O[C@H](CO)[C@@H](O)[C@H](O)[C@H]1O)C1(C(=O)O)CC1CCc1ccc(Cl)cc1. The number of carboxylic acids is 1. The van der Waals surface area contributed by atoms with Gasteiger partial charge in [0.2, 0.25) is 6.29 Å². The quantitative estimate of drug-likeness (QED) is 0.124. The van der Waals surface area contributed by atoms with Gasteiger partial charge in [0.25, 0.3) is 0 Å². The molecular formula is C33H41ClO11. The van der Waals surface area contributed by atoms with Crippen LogP contribution in [0.25, 0.3) is 0 Å². The second-order valence-electron chi connectivity index (χ2n) is 13.0. The van der Waals surface area contributed by atoms with Crippen molar-refractivity contribution < 1.29 is 54.5 Å². The third kappa shape index (κ3) is 6.66. The lowest BCUT2D eigenvalue weighted by molar-refractivity contribution is -0.291. The molecule has 1 saturated carbocycles. The van der Waals surface area contributed by atoms with E-state index in [1.807, 2.05) is 12.1 Å². The topological polar surface area (TPSA) is 191 Å². The summed E-state index contributed by atoms with van der Waals surface area (Å²) in [6, 6.07) is 7.12. The molecule has 11 nitrogen and oxygen atoms in total. The molecule has 0 bridgehead atoms. The number of rotatable bonds is 10. The number of allylic oxidation sites excluding steroid dienone is 3. The molecule has 0 radical (unpaired) electrons. The van der Waals surface area contributed by atoms with Gasteiger partial charge in [-0.2, -0.15) is 0 Å². The standard InChI is InChI=1S/C33H41ClO11/c1-17(11-12-33(43)18(2)13-22(36)15-31(33,3)4)24(28(40)45-29-27(39)26(38)25(37)23(16-35)44-29)32(30(41)42)14-20(32)8-5-19-6-9-21(34)10-7-19/h6-7,9-13,20,23,25-27,29,35,37-39,43H,5,8,14-16H2,1-4H3,(H,41,42)/b12-11+,24-17+/t20?,23-,25-,26+,27-,29+,32?,33?/m1/s1. The minimum atomic E-state index is -1.89. The largest absolute Gasteiger partial charge is 0.481 e. The van der Waals surface area contributed by atoms with Crippen LogP contribution in [0.2, 0.25) is 5.02 Å². The van der Waals surface area contributed by atoms with Crippen molar-refractivity contribution in [3.63, 3.8) is 0 Å². The number of esters is 1. The first-order chi connectivity index (χ1) is 21.0. The molecule has 12 heteroatoms. The van der Waals surface area contributed by atoms with E-state index in [9.17, 15) is 45.0 Å². The van der Waals surface area contributed by atoms with Crippen molar-refractivity contribution in [1.29, 1.82) is 0 Å². The monoisotopic (exact) mass is 648 g/mol. The molecule has 3 unspecified atom stereocenters. The second-order valence-corrected chi connectivity index (χ2v) is 13.4. The van der Waals surface area contributed by atoms with Crippen molar-refractivity contribution in [3.8, 4) is 0 Å². The molecule has 1 aromatic rings. The molecule has 0 spiro atoms. The number of benzene rings is 1. The number of carbonyl (C=O) groups is 3. The second kappa shape index (κ2) is 13.1. The highest BCUT2D eigenvalue weighted by Gasteiger charge is 2.65. The highest BCUT2D eigenvalue weighted by atomic mass is 35.5. The predicted molar refractivity (Wildman–Crippen MR) is 162 cm³/mol. The van der Waals surface area contributed by atoms with Crippen molar-refractivity contribution in [1.82, 2.24) is 0 Å². The molecule has 8 atom stereocenters. The fraction of sp³-hybridized carbons (Fsp3) is 0.545. The van der Waals surface area contributed by atoms with Crippen molar-refractivity contribution >= 4 is 29.3 Å². The highest BCUT2D eigenvalue weighted by molar-refractivity contribution is 6.30. The lowest BCUT2D eigenvalue weighted by Gasteiger charge is -2.44. The summed E-state index contributed by atoms with van der Waals surface area (Å²) in [5.41, 5.74) is -2.95. The summed E-state index contributed by atoms with van der Waals surface area (Å²) in [5, 5.41) is 63.2. The van der Waals surface area contributed by atoms with E-state index in [-0.39, 0.29) is 29.8 Å². The third-order valence-corrected chi connectivity index (χ3v) is 9.75. The number of aryl methyl sites for hydroxylation is 1. The van der Waals surface area contributed by atoms with Gasteiger partial charge in [0.05, 0.1) is 12.2 Å². The van der Waals surface area contributed by atoms with Crippen LogP contribution < -0.4 is 0 Å². The van der Waals surface area contributed by atoms with Crippen LogP contribution in [0, 0.1) is 16.7 Å². The number of aliphatic carboxylic acids is 1. The van der Waals surface area contributed by atoms with Gasteiger partial charge in [-0.15, -0.1) is 0 Å². The number of hydrogen-bond donors (Lipinski definition) is 6. The van der Waals surface area contributed by atoms with E-state index in [1.54, 1.807) is 32.9 Å².